The van der Waals surface area contributed by atoms with Crippen molar-refractivity contribution in [3.63, 3.8) is 0 Å². The first kappa shape index (κ1) is 58.4. The Labute approximate surface area is 375 Å². The number of nitrogens with zero attached hydrogens (tertiary/aromatic N) is 1. The van der Waals surface area contributed by atoms with E-state index in [1.807, 2.05) is 27.2 Å². The molecule has 0 bridgehead atoms. The van der Waals surface area contributed by atoms with Gasteiger partial charge in [-0.2, -0.15) is 0 Å². The van der Waals surface area contributed by atoms with Gasteiger partial charge in [0.2, 0.25) is 5.91 Å². The molecule has 0 aromatic rings. The predicted octanol–water partition coefficient (Wildman–Crippen LogP) is 13.3. The molecule has 9 heteroatoms. The second-order valence-corrected chi connectivity index (χ2v) is 18.5. The van der Waals surface area contributed by atoms with Gasteiger partial charge in [0, 0.05) is 6.42 Å². The van der Waals surface area contributed by atoms with Gasteiger partial charge in [-0.05, 0) is 89.9 Å². The minimum Gasteiger partial charge on any atom is -0.756 e. The summed E-state index contributed by atoms with van der Waals surface area (Å²) in [6.45, 7) is 4.46. The third-order valence-electron chi connectivity index (χ3n) is 10.0. The summed E-state index contributed by atoms with van der Waals surface area (Å²) in [6, 6.07) is -0.922. The van der Waals surface area contributed by atoms with E-state index in [-0.39, 0.29) is 12.5 Å². The van der Waals surface area contributed by atoms with Crippen LogP contribution in [0.5, 0.6) is 0 Å². The lowest BCUT2D eigenvalue weighted by Gasteiger charge is -2.29. The largest absolute Gasteiger partial charge is 0.756 e. The molecule has 0 aliphatic carbocycles. The molecule has 0 saturated heterocycles. The summed E-state index contributed by atoms with van der Waals surface area (Å²) in [6.07, 6.45) is 60.3. The third kappa shape index (κ3) is 45.3. The molecule has 0 spiro atoms. The van der Waals surface area contributed by atoms with Gasteiger partial charge in [0.05, 0.1) is 39.9 Å². The summed E-state index contributed by atoms with van der Waals surface area (Å²) in [5.74, 6) is -0.228. The lowest BCUT2D eigenvalue weighted by atomic mass is 10.1. The molecule has 3 atom stereocenters. The molecule has 0 radical (unpaired) electrons. The van der Waals surface area contributed by atoms with E-state index in [9.17, 15) is 19.4 Å². The molecule has 2 N–H and O–H groups in total. The normalized spacial score (nSPS) is 15.1. The summed E-state index contributed by atoms with van der Waals surface area (Å²) < 4.78 is 23.2. The van der Waals surface area contributed by atoms with Gasteiger partial charge in [-0.25, -0.2) is 0 Å². The number of phosphoric ester groups is 1. The first-order valence-corrected chi connectivity index (χ1v) is 25.6. The van der Waals surface area contributed by atoms with Crippen molar-refractivity contribution in [2.75, 3.05) is 40.9 Å². The maximum Gasteiger partial charge on any atom is 0.268 e. The monoisotopic (exact) mass is 871 g/mol. The fourth-order valence-corrected chi connectivity index (χ4v) is 6.93. The van der Waals surface area contributed by atoms with Crippen molar-refractivity contribution in [2.45, 2.75) is 187 Å². The smallest absolute Gasteiger partial charge is 0.268 e. The van der Waals surface area contributed by atoms with Crippen LogP contribution in [0.4, 0.5) is 0 Å². The summed E-state index contributed by atoms with van der Waals surface area (Å²) in [7, 11) is 1.21. The van der Waals surface area contributed by atoms with E-state index in [4.69, 9.17) is 9.05 Å². The fraction of sp³-hybridized carbons (Fsp3) is 0.673. The zero-order valence-electron chi connectivity index (χ0n) is 39.6. The van der Waals surface area contributed by atoms with E-state index in [1.54, 1.807) is 6.08 Å². The molecule has 0 aliphatic rings. The number of quaternary nitrogens is 1. The fourth-order valence-electron chi connectivity index (χ4n) is 6.21. The summed E-state index contributed by atoms with van der Waals surface area (Å²) >= 11 is 0. The van der Waals surface area contributed by atoms with Gasteiger partial charge in [-0.15, -0.1) is 0 Å². The Hall–Kier alpha value is -2.58. The van der Waals surface area contributed by atoms with E-state index in [0.717, 1.165) is 89.9 Å². The zero-order valence-corrected chi connectivity index (χ0v) is 40.5. The number of aliphatic hydroxyl groups is 1. The van der Waals surface area contributed by atoms with Crippen LogP contribution >= 0.6 is 7.82 Å². The average molecular weight is 871 g/mol. The number of rotatable bonds is 42. The van der Waals surface area contributed by atoms with Crippen molar-refractivity contribution < 1.29 is 32.9 Å². The van der Waals surface area contributed by atoms with E-state index in [0.29, 0.717) is 17.4 Å². The number of hydrogen-bond acceptors (Lipinski definition) is 6. The molecule has 0 saturated carbocycles. The molecule has 3 unspecified atom stereocenters. The van der Waals surface area contributed by atoms with Crippen molar-refractivity contribution in [3.8, 4) is 0 Å². The van der Waals surface area contributed by atoms with Crippen molar-refractivity contribution in [3.05, 3.63) is 97.2 Å². The van der Waals surface area contributed by atoms with Gasteiger partial charge >= 0.3 is 0 Å². The molecule has 1 amide bonds. The van der Waals surface area contributed by atoms with Crippen molar-refractivity contribution in [1.29, 1.82) is 0 Å². The predicted molar refractivity (Wildman–Crippen MR) is 260 cm³/mol. The van der Waals surface area contributed by atoms with E-state index >= 15 is 0 Å². The van der Waals surface area contributed by atoms with Crippen LogP contribution in [-0.4, -0.2) is 68.5 Å². The van der Waals surface area contributed by atoms with E-state index in [2.05, 4.69) is 104 Å². The number of nitrogens with one attached hydrogen (secondary N) is 1. The van der Waals surface area contributed by atoms with Crippen LogP contribution in [-0.2, 0) is 18.4 Å². The number of amides is 1. The van der Waals surface area contributed by atoms with Gasteiger partial charge < -0.3 is 28.8 Å². The first-order chi connectivity index (χ1) is 29.5. The van der Waals surface area contributed by atoms with Gasteiger partial charge in [0.1, 0.15) is 13.2 Å². The molecule has 8 nitrogen and oxygen atoms in total. The molecule has 350 valence electrons. The lowest BCUT2D eigenvalue weighted by molar-refractivity contribution is -0.870. The highest BCUT2D eigenvalue weighted by Gasteiger charge is 2.23. The number of carbonyl (C=O) groups excluding carboxylic acids is 1. The van der Waals surface area contributed by atoms with Gasteiger partial charge in [-0.3, -0.25) is 9.36 Å². The second-order valence-electron chi connectivity index (χ2n) is 17.1. The first-order valence-electron chi connectivity index (χ1n) is 24.1. The minimum atomic E-state index is -4.61. The number of unbranched alkanes of at least 4 members (excludes halogenated alkanes) is 15. The number of likely N-dealkylation sites (N-methyl/N-ethyl adjacent to an activating group) is 1. The van der Waals surface area contributed by atoms with Crippen LogP contribution in [0.3, 0.4) is 0 Å². The summed E-state index contributed by atoms with van der Waals surface area (Å²) in [5, 5.41) is 13.8. The summed E-state index contributed by atoms with van der Waals surface area (Å²) in [5.41, 5.74) is 0. The van der Waals surface area contributed by atoms with Crippen LogP contribution in [0.2, 0.25) is 0 Å². The molecule has 61 heavy (non-hydrogen) atoms. The highest BCUT2D eigenvalue weighted by molar-refractivity contribution is 7.45. The van der Waals surface area contributed by atoms with Crippen LogP contribution in [0.1, 0.15) is 174 Å². The molecule has 0 rings (SSSR count). The maximum absolute atomic E-state index is 12.9. The molecule has 0 aromatic heterocycles. The topological polar surface area (TPSA) is 108 Å². The lowest BCUT2D eigenvalue weighted by Crippen LogP contribution is -2.45. The maximum atomic E-state index is 12.9. The Bertz CT molecular complexity index is 1310. The number of aliphatic hydroxyl groups excluding tert-OH is 1. The average Bonchev–Trinajstić information content (AvgIpc) is 3.21. The third-order valence-corrected chi connectivity index (χ3v) is 11.0. The Morgan fingerprint density at radius 3 is 1.52 bits per heavy atom. The highest BCUT2D eigenvalue weighted by atomic mass is 31.2. The SMILES string of the molecule is CC/C=C\C/C=C\C/C=C\C/C=C\C/C=C\CCCCCCCCCC(=O)NC(COP(=O)([O-])OCC[N+](C)(C)C)C(O)/C=C/CC/C=C/CC/C=C/CCCCCCCC. The Kier molecular flexibility index (Phi) is 40.9. The zero-order chi connectivity index (χ0) is 45.0. The van der Waals surface area contributed by atoms with Crippen molar-refractivity contribution in [2.24, 2.45) is 0 Å². The minimum absolute atomic E-state index is 0.0168. The Balaban J connectivity index is 4.45. The highest BCUT2D eigenvalue weighted by Crippen LogP contribution is 2.38. The Morgan fingerprint density at radius 1 is 0.590 bits per heavy atom. The van der Waals surface area contributed by atoms with Gasteiger partial charge in [0.25, 0.3) is 7.82 Å². The van der Waals surface area contributed by atoms with Gasteiger partial charge in [-0.1, -0.05) is 175 Å². The van der Waals surface area contributed by atoms with Crippen LogP contribution in [0, 0.1) is 0 Å². The number of allylic oxidation sites excluding steroid dienone is 15. The quantitative estimate of drug-likeness (QED) is 0.0274. The van der Waals surface area contributed by atoms with E-state index in [1.165, 1.54) is 64.2 Å². The summed E-state index contributed by atoms with van der Waals surface area (Å²) in [4.78, 5) is 25.4. The Morgan fingerprint density at radius 2 is 1.02 bits per heavy atom. The van der Waals surface area contributed by atoms with Crippen molar-refractivity contribution in [1.82, 2.24) is 5.32 Å². The molecule has 0 aliphatic heterocycles. The number of phosphoric acid groups is 1. The van der Waals surface area contributed by atoms with Crippen LogP contribution in [0.15, 0.2) is 97.2 Å². The molecule has 0 heterocycles. The van der Waals surface area contributed by atoms with Gasteiger partial charge in [0.15, 0.2) is 0 Å². The van der Waals surface area contributed by atoms with Crippen LogP contribution < -0.4 is 10.2 Å². The molecular formula is C52H91N2O6P. The van der Waals surface area contributed by atoms with E-state index < -0.39 is 26.6 Å². The second kappa shape index (κ2) is 42.7. The number of hydrogen-bond donors (Lipinski definition) is 2. The molecule has 0 aromatic carbocycles. The molecular weight excluding hydrogens is 780 g/mol. The standard InChI is InChI=1S/C52H91N2O6P/c1-6-8-10-12-14-16-18-20-22-24-25-26-27-28-29-30-32-34-36-38-40-42-44-46-52(56)53-50(49-60-61(57,58)59-48-47-54(3,4)5)51(55)45-43-41-39-37-35-33-31-23-21-19-17-15-13-11-9-7-2/h8,10,14,16,20-23,25-26,28-29,35,37,43,45,50-51,55H,6-7,9,11-13,15,17-19,24,27,30-34,36,38-42,44,46-49H2,1-5H3,(H-,53,56,57,58)/b10-8-,16-14-,22-20-,23-21+,26-25-,29-28-,37-35+,45-43+. The van der Waals surface area contributed by atoms with Crippen LogP contribution in [0.25, 0.3) is 0 Å². The number of carbonyl (C=O) groups is 1. The molecule has 0 fully saturated rings. The van der Waals surface area contributed by atoms with Crippen molar-refractivity contribution >= 4 is 13.7 Å².